The zero-order chi connectivity index (χ0) is 26.7. The molecule has 0 heterocycles. The number of hydrazone groups is 2. The Kier molecular flexibility index (Phi) is 24.4. The Hall–Kier alpha value is -2.13. The summed E-state index contributed by atoms with van der Waals surface area (Å²) in [4.78, 5) is 45.9. The fourth-order valence-corrected chi connectivity index (χ4v) is 3.75. The Morgan fingerprint density at radius 1 is 0.750 bits per heavy atom. The molecule has 0 rings (SSSR count). The van der Waals surface area contributed by atoms with Gasteiger partial charge in [-0.3, -0.25) is 9.59 Å². The van der Waals surface area contributed by atoms with Gasteiger partial charge in [-0.15, -0.1) is 0 Å². The summed E-state index contributed by atoms with van der Waals surface area (Å²) < 4.78 is 10.1. The van der Waals surface area contributed by atoms with E-state index in [9.17, 15) is 19.2 Å². The minimum absolute atomic E-state index is 0.139. The van der Waals surface area contributed by atoms with Crippen LogP contribution >= 0.6 is 33.3 Å². The van der Waals surface area contributed by atoms with Crippen molar-refractivity contribution in [2.45, 2.75) is 44.9 Å². The highest BCUT2D eigenvalue weighted by molar-refractivity contribution is 8.76. The SMILES string of the molecule is CSCCC(=O)NN=CCCNC(=O)OCCCCCOC(=O)NCC/C=N\NC(=O)CCSSC. The van der Waals surface area contributed by atoms with Gasteiger partial charge >= 0.3 is 12.2 Å². The summed E-state index contributed by atoms with van der Waals surface area (Å²) >= 11 is 1.59. The lowest BCUT2D eigenvalue weighted by Gasteiger charge is -2.07. The number of nitrogens with one attached hydrogen (secondary N) is 4. The maximum Gasteiger partial charge on any atom is 0.407 e. The standard InChI is InChI=1S/C21H38N6O6S3/c1-34-16-8-18(28)26-24-12-6-10-22-20(30)32-14-4-3-5-15-33-21(31)23-11-7-13-25-27-19(29)9-17-36-35-2/h12-13H,3-11,14-17H2,1-2H3,(H,22,30)(H,23,31)(H,26,28)(H,27,29)/b24-12?,25-13-. The Morgan fingerprint density at radius 3 is 1.72 bits per heavy atom. The van der Waals surface area contributed by atoms with Crippen molar-refractivity contribution in [1.29, 1.82) is 0 Å². The van der Waals surface area contributed by atoms with E-state index < -0.39 is 12.2 Å². The van der Waals surface area contributed by atoms with E-state index in [1.165, 1.54) is 12.4 Å². The predicted molar refractivity (Wildman–Crippen MR) is 149 cm³/mol. The molecule has 15 heteroatoms. The zero-order valence-corrected chi connectivity index (χ0v) is 23.4. The molecular weight excluding hydrogens is 528 g/mol. The molecule has 4 amide bonds. The van der Waals surface area contributed by atoms with Crippen molar-refractivity contribution in [2.24, 2.45) is 10.2 Å². The largest absolute Gasteiger partial charge is 0.450 e. The molecule has 0 bridgehead atoms. The van der Waals surface area contributed by atoms with E-state index in [0.717, 1.165) is 17.9 Å². The molecule has 0 atom stereocenters. The van der Waals surface area contributed by atoms with E-state index >= 15 is 0 Å². The monoisotopic (exact) mass is 566 g/mol. The molecule has 0 saturated heterocycles. The molecule has 0 fully saturated rings. The number of alkyl carbamates (subject to hydrolysis) is 2. The summed E-state index contributed by atoms with van der Waals surface area (Å²) in [7, 11) is 3.23. The molecule has 206 valence electrons. The average Bonchev–Trinajstić information content (AvgIpc) is 2.86. The fraction of sp³-hybridized carbons (Fsp3) is 0.714. The quantitative estimate of drug-likeness (QED) is 0.0709. The van der Waals surface area contributed by atoms with E-state index in [4.69, 9.17) is 9.47 Å². The first kappa shape index (κ1) is 33.9. The number of unbranched alkanes of at least 4 members (excludes halogenated alkanes) is 2. The number of thioether (sulfide) groups is 1. The topological polar surface area (TPSA) is 160 Å². The molecule has 0 spiro atoms. The molecule has 0 aliphatic rings. The Balaban J connectivity index is 3.50. The summed E-state index contributed by atoms with van der Waals surface area (Å²) in [5.41, 5.74) is 4.85. The lowest BCUT2D eigenvalue weighted by Crippen LogP contribution is -2.26. The Bertz CT molecular complexity index is 685. The maximum absolute atomic E-state index is 11.6. The maximum atomic E-state index is 11.6. The number of carbonyl (C=O) groups is 4. The number of amides is 4. The average molecular weight is 567 g/mol. The number of rotatable bonds is 21. The lowest BCUT2D eigenvalue weighted by molar-refractivity contribution is -0.121. The molecule has 0 aliphatic heterocycles. The normalized spacial score (nSPS) is 10.8. The van der Waals surface area contributed by atoms with Crippen LogP contribution in [-0.2, 0) is 19.1 Å². The molecule has 0 aromatic heterocycles. The van der Waals surface area contributed by atoms with E-state index in [1.54, 1.807) is 33.3 Å². The highest BCUT2D eigenvalue weighted by Gasteiger charge is 2.03. The van der Waals surface area contributed by atoms with Crippen molar-refractivity contribution < 1.29 is 28.7 Å². The van der Waals surface area contributed by atoms with Crippen molar-refractivity contribution in [3.8, 4) is 0 Å². The van der Waals surface area contributed by atoms with Crippen LogP contribution in [0.3, 0.4) is 0 Å². The van der Waals surface area contributed by atoms with Crippen LogP contribution in [0.5, 0.6) is 0 Å². The molecule has 0 saturated carbocycles. The summed E-state index contributed by atoms with van der Waals surface area (Å²) in [5.74, 6) is 1.20. The van der Waals surface area contributed by atoms with Gasteiger partial charge in [0, 0.05) is 62.7 Å². The fourth-order valence-electron chi connectivity index (χ4n) is 2.18. The van der Waals surface area contributed by atoms with Crippen LogP contribution in [0.1, 0.15) is 44.9 Å². The van der Waals surface area contributed by atoms with Crippen LogP contribution in [0.2, 0.25) is 0 Å². The van der Waals surface area contributed by atoms with Gasteiger partial charge in [0.05, 0.1) is 13.2 Å². The molecule has 0 aliphatic carbocycles. The lowest BCUT2D eigenvalue weighted by atomic mass is 10.2. The Labute approximate surface area is 225 Å². The van der Waals surface area contributed by atoms with Crippen LogP contribution in [-0.4, -0.2) is 86.8 Å². The summed E-state index contributed by atoms with van der Waals surface area (Å²) in [6.07, 6.45) is 9.72. The third-order valence-electron chi connectivity index (χ3n) is 3.97. The van der Waals surface area contributed by atoms with Gasteiger partial charge in [0.15, 0.2) is 0 Å². The van der Waals surface area contributed by atoms with Crippen LogP contribution < -0.4 is 21.5 Å². The second kappa shape index (κ2) is 25.9. The van der Waals surface area contributed by atoms with E-state index in [-0.39, 0.29) is 25.0 Å². The molecular formula is C21H38N6O6S3. The van der Waals surface area contributed by atoms with Crippen LogP contribution in [0.15, 0.2) is 10.2 Å². The van der Waals surface area contributed by atoms with Gasteiger partial charge in [-0.1, -0.05) is 21.6 Å². The van der Waals surface area contributed by atoms with Crippen molar-refractivity contribution >= 4 is 69.8 Å². The number of hydrogen-bond acceptors (Lipinski definition) is 11. The predicted octanol–water partition coefficient (Wildman–Crippen LogP) is 2.75. The Morgan fingerprint density at radius 2 is 1.25 bits per heavy atom. The summed E-state index contributed by atoms with van der Waals surface area (Å²) in [6, 6.07) is 0. The molecule has 36 heavy (non-hydrogen) atoms. The van der Waals surface area contributed by atoms with Crippen molar-refractivity contribution in [1.82, 2.24) is 21.5 Å². The minimum atomic E-state index is -0.514. The van der Waals surface area contributed by atoms with E-state index in [0.29, 0.717) is 51.6 Å². The highest BCUT2D eigenvalue weighted by Crippen LogP contribution is 2.16. The zero-order valence-electron chi connectivity index (χ0n) is 20.9. The van der Waals surface area contributed by atoms with Gasteiger partial charge in [-0.2, -0.15) is 22.0 Å². The van der Waals surface area contributed by atoms with Gasteiger partial charge in [-0.05, 0) is 31.8 Å². The van der Waals surface area contributed by atoms with Crippen LogP contribution in [0.4, 0.5) is 9.59 Å². The third kappa shape index (κ3) is 25.0. The summed E-state index contributed by atoms with van der Waals surface area (Å²) in [6.45, 7) is 1.24. The molecule has 4 N–H and O–H groups in total. The second-order valence-electron chi connectivity index (χ2n) is 6.94. The van der Waals surface area contributed by atoms with Gasteiger partial charge in [0.1, 0.15) is 0 Å². The first-order valence-electron chi connectivity index (χ1n) is 11.6. The van der Waals surface area contributed by atoms with E-state index in [2.05, 4.69) is 31.7 Å². The molecule has 0 unspecified atom stereocenters. The van der Waals surface area contributed by atoms with Crippen molar-refractivity contribution in [3.63, 3.8) is 0 Å². The van der Waals surface area contributed by atoms with Crippen LogP contribution in [0, 0.1) is 0 Å². The first-order valence-corrected chi connectivity index (χ1v) is 15.7. The highest BCUT2D eigenvalue weighted by atomic mass is 33.1. The number of nitrogens with zero attached hydrogens (tertiary/aromatic N) is 2. The minimum Gasteiger partial charge on any atom is -0.450 e. The number of hydrogen-bond donors (Lipinski definition) is 4. The van der Waals surface area contributed by atoms with Crippen molar-refractivity contribution in [3.05, 3.63) is 0 Å². The van der Waals surface area contributed by atoms with Gasteiger partial charge in [-0.25, -0.2) is 20.4 Å². The molecule has 0 radical (unpaired) electrons. The van der Waals surface area contributed by atoms with Gasteiger partial charge in [0.25, 0.3) is 0 Å². The first-order chi connectivity index (χ1) is 17.5. The molecule has 0 aromatic rings. The third-order valence-corrected chi connectivity index (χ3v) is 6.39. The molecule has 0 aromatic carbocycles. The number of ether oxygens (including phenoxy) is 2. The van der Waals surface area contributed by atoms with E-state index in [1.807, 2.05) is 12.5 Å². The van der Waals surface area contributed by atoms with Crippen molar-refractivity contribution in [2.75, 3.05) is 50.3 Å². The molecule has 12 nitrogen and oxygen atoms in total. The second-order valence-corrected chi connectivity index (χ2v) is 10.6. The van der Waals surface area contributed by atoms with Crippen LogP contribution in [0.25, 0.3) is 0 Å². The smallest absolute Gasteiger partial charge is 0.407 e. The van der Waals surface area contributed by atoms with Gasteiger partial charge < -0.3 is 20.1 Å². The number of carbonyl (C=O) groups excluding carboxylic acids is 4. The summed E-state index contributed by atoms with van der Waals surface area (Å²) in [5, 5.41) is 12.8. The van der Waals surface area contributed by atoms with Gasteiger partial charge in [0.2, 0.25) is 11.8 Å².